The lowest BCUT2D eigenvalue weighted by molar-refractivity contribution is 0.0681. The fourth-order valence-corrected chi connectivity index (χ4v) is 4.82. The molecule has 36 heavy (non-hydrogen) atoms. The maximum atomic E-state index is 13.2. The molecule has 0 heterocycles. The van der Waals surface area contributed by atoms with Gasteiger partial charge in [-0.3, -0.25) is 0 Å². The third-order valence-electron chi connectivity index (χ3n) is 6.68. The standard InChI is InChI=1S/C32H28O4/c33-31(25-17-9-3-10-18-25)35-29-27(23-13-5-1-6-14-23)21-22-28(24-15-7-2-8-16-24)30(29)36-32(34)26-19-11-4-12-20-26/h1,3-6,9-14,17-22,24H,2,7-8,15-16H2. The normalized spacial score (nSPS) is 13.7. The zero-order valence-corrected chi connectivity index (χ0v) is 20.1. The van der Waals surface area contributed by atoms with E-state index < -0.39 is 11.9 Å². The maximum absolute atomic E-state index is 13.2. The minimum absolute atomic E-state index is 0.233. The molecule has 0 atom stereocenters. The lowest BCUT2D eigenvalue weighted by atomic mass is 9.83. The molecule has 0 N–H and O–H groups in total. The van der Waals surface area contributed by atoms with Gasteiger partial charge >= 0.3 is 11.9 Å². The second kappa shape index (κ2) is 11.0. The van der Waals surface area contributed by atoms with E-state index in [1.54, 1.807) is 48.5 Å². The SMILES string of the molecule is O=C(Oc1c(-c2ccccc2)ccc(C2CCCCC2)c1OC(=O)c1ccccc1)c1ccccc1. The predicted molar refractivity (Wildman–Crippen MR) is 141 cm³/mol. The van der Waals surface area contributed by atoms with Crippen LogP contribution in [0.3, 0.4) is 0 Å². The molecule has 4 aromatic carbocycles. The van der Waals surface area contributed by atoms with Crippen molar-refractivity contribution in [2.24, 2.45) is 0 Å². The Kier molecular flexibility index (Phi) is 7.23. The molecule has 0 aliphatic heterocycles. The highest BCUT2D eigenvalue weighted by Crippen LogP contribution is 2.47. The summed E-state index contributed by atoms with van der Waals surface area (Å²) in [6.07, 6.45) is 5.46. The maximum Gasteiger partial charge on any atom is 0.343 e. The minimum Gasteiger partial charge on any atom is -0.419 e. The van der Waals surface area contributed by atoms with Gasteiger partial charge in [0.1, 0.15) is 0 Å². The highest BCUT2D eigenvalue weighted by atomic mass is 16.6. The van der Waals surface area contributed by atoms with Crippen LogP contribution in [0, 0.1) is 0 Å². The third-order valence-corrected chi connectivity index (χ3v) is 6.68. The van der Waals surface area contributed by atoms with Crippen molar-refractivity contribution in [3.63, 3.8) is 0 Å². The van der Waals surface area contributed by atoms with Crippen molar-refractivity contribution in [3.8, 4) is 22.6 Å². The van der Waals surface area contributed by atoms with Gasteiger partial charge in [0.05, 0.1) is 11.1 Å². The van der Waals surface area contributed by atoms with E-state index in [1.165, 1.54) is 6.42 Å². The molecule has 4 heteroatoms. The Bertz CT molecular complexity index is 1320. The van der Waals surface area contributed by atoms with Gasteiger partial charge in [0, 0.05) is 11.1 Å². The van der Waals surface area contributed by atoms with Crippen molar-refractivity contribution in [2.45, 2.75) is 38.0 Å². The van der Waals surface area contributed by atoms with Crippen molar-refractivity contribution < 1.29 is 19.1 Å². The molecule has 0 radical (unpaired) electrons. The zero-order valence-electron chi connectivity index (χ0n) is 20.1. The third kappa shape index (κ3) is 5.23. The van der Waals surface area contributed by atoms with Gasteiger partial charge in [0.25, 0.3) is 0 Å². The Balaban J connectivity index is 1.65. The summed E-state index contributed by atoms with van der Waals surface area (Å²) in [5, 5.41) is 0. The van der Waals surface area contributed by atoms with Gasteiger partial charge in [-0.2, -0.15) is 0 Å². The Hall–Kier alpha value is -4.18. The van der Waals surface area contributed by atoms with Gasteiger partial charge in [-0.1, -0.05) is 98.1 Å². The first-order valence-electron chi connectivity index (χ1n) is 12.5. The van der Waals surface area contributed by atoms with Crippen molar-refractivity contribution in [1.29, 1.82) is 0 Å². The van der Waals surface area contributed by atoms with E-state index in [9.17, 15) is 9.59 Å². The van der Waals surface area contributed by atoms with E-state index >= 15 is 0 Å². The summed E-state index contributed by atoms with van der Waals surface area (Å²) < 4.78 is 12.2. The van der Waals surface area contributed by atoms with E-state index in [1.807, 2.05) is 54.6 Å². The smallest absolute Gasteiger partial charge is 0.343 e. The van der Waals surface area contributed by atoms with Crippen molar-refractivity contribution >= 4 is 11.9 Å². The lowest BCUT2D eigenvalue weighted by Gasteiger charge is -2.26. The summed E-state index contributed by atoms with van der Waals surface area (Å²) in [7, 11) is 0. The number of ether oxygens (including phenoxy) is 2. The van der Waals surface area contributed by atoms with E-state index in [2.05, 4.69) is 0 Å². The Morgan fingerprint density at radius 3 is 1.61 bits per heavy atom. The van der Waals surface area contributed by atoms with Crippen LogP contribution in [0.1, 0.15) is 64.3 Å². The molecule has 1 aliphatic rings. The first-order chi connectivity index (χ1) is 17.7. The van der Waals surface area contributed by atoms with Crippen LogP contribution in [-0.4, -0.2) is 11.9 Å². The molecule has 0 spiro atoms. The highest BCUT2D eigenvalue weighted by Gasteiger charge is 2.28. The van der Waals surface area contributed by atoms with Crippen LogP contribution < -0.4 is 9.47 Å². The molecule has 0 amide bonds. The first kappa shape index (κ1) is 23.6. The molecule has 4 nitrogen and oxygen atoms in total. The molecule has 5 rings (SSSR count). The highest BCUT2D eigenvalue weighted by molar-refractivity contribution is 5.95. The van der Waals surface area contributed by atoms with Gasteiger partial charge in [-0.15, -0.1) is 0 Å². The van der Waals surface area contributed by atoms with Crippen molar-refractivity contribution in [1.82, 2.24) is 0 Å². The van der Waals surface area contributed by atoms with Gasteiger partial charge in [0.2, 0.25) is 0 Å². The summed E-state index contributed by atoms with van der Waals surface area (Å²) in [5.74, 6) is -0.124. The van der Waals surface area contributed by atoms with Gasteiger partial charge in [-0.25, -0.2) is 9.59 Å². The number of benzene rings is 4. The molecule has 1 aliphatic carbocycles. The average molecular weight is 477 g/mol. The lowest BCUT2D eigenvalue weighted by Crippen LogP contribution is -2.16. The van der Waals surface area contributed by atoms with Crippen LogP contribution >= 0.6 is 0 Å². The monoisotopic (exact) mass is 476 g/mol. The molecular formula is C32H28O4. The van der Waals surface area contributed by atoms with Gasteiger partial charge < -0.3 is 9.47 Å². The van der Waals surface area contributed by atoms with E-state index in [-0.39, 0.29) is 11.7 Å². The molecule has 4 aromatic rings. The Morgan fingerprint density at radius 2 is 1.06 bits per heavy atom. The fraction of sp³-hybridized carbons (Fsp3) is 0.188. The van der Waals surface area contributed by atoms with Crippen LogP contribution in [0.2, 0.25) is 0 Å². The summed E-state index contributed by atoms with van der Waals surface area (Å²) in [4.78, 5) is 26.5. The number of carbonyl (C=O) groups is 2. The van der Waals surface area contributed by atoms with Crippen LogP contribution in [0.5, 0.6) is 11.5 Å². The summed E-state index contributed by atoms with van der Waals surface area (Å²) >= 11 is 0. The number of esters is 2. The first-order valence-corrected chi connectivity index (χ1v) is 12.5. The van der Waals surface area contributed by atoms with E-state index in [0.29, 0.717) is 22.4 Å². The van der Waals surface area contributed by atoms with Crippen molar-refractivity contribution in [3.05, 3.63) is 120 Å². The second-order valence-electron chi connectivity index (χ2n) is 9.07. The summed E-state index contributed by atoms with van der Waals surface area (Å²) in [6.45, 7) is 0. The van der Waals surface area contributed by atoms with Crippen LogP contribution in [0.25, 0.3) is 11.1 Å². The molecule has 180 valence electrons. The molecular weight excluding hydrogens is 448 g/mol. The number of carbonyl (C=O) groups excluding carboxylic acids is 2. The molecule has 0 saturated heterocycles. The van der Waals surface area contributed by atoms with Crippen LogP contribution in [0.4, 0.5) is 0 Å². The molecule has 0 unspecified atom stereocenters. The minimum atomic E-state index is -0.495. The quantitative estimate of drug-likeness (QED) is 0.210. The molecule has 1 fully saturated rings. The number of hydrogen-bond donors (Lipinski definition) is 0. The summed E-state index contributed by atoms with van der Waals surface area (Å²) in [6, 6.07) is 31.5. The van der Waals surface area contributed by atoms with Gasteiger partial charge in [0.15, 0.2) is 11.5 Å². The molecule has 1 saturated carbocycles. The van der Waals surface area contributed by atoms with E-state index in [4.69, 9.17) is 9.47 Å². The molecule has 0 aromatic heterocycles. The van der Waals surface area contributed by atoms with Crippen molar-refractivity contribution in [2.75, 3.05) is 0 Å². The van der Waals surface area contributed by atoms with Gasteiger partial charge in [-0.05, 0) is 48.6 Å². The Labute approximate surface area is 211 Å². The topological polar surface area (TPSA) is 52.6 Å². The summed E-state index contributed by atoms with van der Waals surface area (Å²) in [5.41, 5.74) is 3.36. The fourth-order valence-electron chi connectivity index (χ4n) is 4.82. The largest absolute Gasteiger partial charge is 0.419 e. The number of rotatable bonds is 6. The zero-order chi connectivity index (χ0) is 24.7. The van der Waals surface area contributed by atoms with Crippen LogP contribution in [0.15, 0.2) is 103 Å². The number of hydrogen-bond acceptors (Lipinski definition) is 4. The second-order valence-corrected chi connectivity index (χ2v) is 9.07. The average Bonchev–Trinajstić information content (AvgIpc) is 2.95. The Morgan fingerprint density at radius 1 is 0.556 bits per heavy atom. The predicted octanol–water partition coefficient (Wildman–Crippen LogP) is 7.84. The molecule has 0 bridgehead atoms. The van der Waals surface area contributed by atoms with E-state index in [0.717, 1.165) is 36.8 Å². The van der Waals surface area contributed by atoms with Crippen LogP contribution in [-0.2, 0) is 0 Å².